The van der Waals surface area contributed by atoms with Gasteiger partial charge in [0.2, 0.25) is 0 Å². The van der Waals surface area contributed by atoms with E-state index in [1.54, 1.807) is 24.3 Å². The Bertz CT molecular complexity index is 591. The van der Waals surface area contributed by atoms with Gasteiger partial charge in [0.05, 0.1) is 0 Å². The van der Waals surface area contributed by atoms with Crippen LogP contribution in [0.2, 0.25) is 0 Å². The average Bonchev–Trinajstić information content (AvgIpc) is 2.40. The first-order valence-electron chi connectivity index (χ1n) is 8.09. The molecule has 2 aromatic rings. The van der Waals surface area contributed by atoms with E-state index in [-0.39, 0.29) is 27.7 Å². The maximum Gasteiger partial charge on any atom is 0.115 e. The Hall–Kier alpha value is -1.96. The third-order valence-electron chi connectivity index (χ3n) is 4.85. The quantitative estimate of drug-likeness (QED) is 0.771. The van der Waals surface area contributed by atoms with Crippen molar-refractivity contribution >= 4 is 0 Å². The number of rotatable bonds is 2. The first-order chi connectivity index (χ1) is 10.5. The third-order valence-corrected chi connectivity index (χ3v) is 4.85. The van der Waals surface area contributed by atoms with Crippen LogP contribution in [0, 0.1) is 10.8 Å². The van der Waals surface area contributed by atoms with Gasteiger partial charge in [-0.15, -0.1) is 0 Å². The summed E-state index contributed by atoms with van der Waals surface area (Å²) >= 11 is 0. The van der Waals surface area contributed by atoms with E-state index in [9.17, 15) is 10.2 Å². The van der Waals surface area contributed by atoms with E-state index in [1.165, 1.54) is 11.1 Å². The van der Waals surface area contributed by atoms with Crippen molar-refractivity contribution < 1.29 is 10.2 Å². The Morgan fingerprint density at radius 2 is 0.783 bits per heavy atom. The zero-order valence-electron chi connectivity index (χ0n) is 15.0. The van der Waals surface area contributed by atoms with E-state index in [0.717, 1.165) is 0 Å². The van der Waals surface area contributed by atoms with Crippen molar-refractivity contribution in [3.8, 4) is 11.5 Å². The van der Waals surface area contributed by atoms with Crippen molar-refractivity contribution in [3.63, 3.8) is 0 Å². The maximum atomic E-state index is 9.70. The first-order valence-corrected chi connectivity index (χ1v) is 8.09. The monoisotopic (exact) mass is 312 g/mol. The van der Waals surface area contributed by atoms with Crippen LogP contribution in [0.4, 0.5) is 0 Å². The number of hydrogen-bond donors (Lipinski definition) is 2. The Kier molecular flexibility index (Phi) is 4.23. The zero-order chi connectivity index (χ0) is 17.5. The number of aromatic hydroxyl groups is 2. The lowest BCUT2D eigenvalue weighted by Crippen LogP contribution is -2.51. The lowest BCUT2D eigenvalue weighted by atomic mass is 9.48. The Balaban J connectivity index is 2.86. The molecule has 0 amide bonds. The molecule has 2 aromatic carbocycles. The van der Waals surface area contributed by atoms with Crippen LogP contribution in [0.1, 0.15) is 52.7 Å². The summed E-state index contributed by atoms with van der Waals surface area (Å²) in [6.07, 6.45) is 0. The van der Waals surface area contributed by atoms with Crippen molar-refractivity contribution in [1.29, 1.82) is 0 Å². The summed E-state index contributed by atoms with van der Waals surface area (Å²) in [5, 5.41) is 19.4. The average molecular weight is 312 g/mol. The molecule has 124 valence electrons. The van der Waals surface area contributed by atoms with Gasteiger partial charge in [0.15, 0.2) is 0 Å². The van der Waals surface area contributed by atoms with Crippen LogP contribution in [0.3, 0.4) is 0 Å². The van der Waals surface area contributed by atoms with Crippen molar-refractivity contribution in [2.24, 2.45) is 10.8 Å². The lowest BCUT2D eigenvalue weighted by Gasteiger charge is -2.55. The van der Waals surface area contributed by atoms with Crippen LogP contribution in [0.5, 0.6) is 11.5 Å². The molecule has 0 saturated heterocycles. The van der Waals surface area contributed by atoms with Crippen molar-refractivity contribution in [3.05, 3.63) is 59.7 Å². The molecule has 0 fully saturated rings. The van der Waals surface area contributed by atoms with E-state index in [1.807, 2.05) is 24.3 Å². The van der Waals surface area contributed by atoms with Crippen LogP contribution in [0.15, 0.2) is 48.5 Å². The minimum absolute atomic E-state index is 0.0702. The number of benzene rings is 2. The van der Waals surface area contributed by atoms with Crippen LogP contribution in [-0.2, 0) is 5.41 Å². The van der Waals surface area contributed by atoms with Gasteiger partial charge in [0, 0.05) is 5.41 Å². The fraction of sp³-hybridized carbons (Fsp3) is 0.429. The first kappa shape index (κ1) is 17.4. The molecule has 0 saturated carbocycles. The normalized spacial score (nSPS) is 13.1. The number of hydrogen-bond acceptors (Lipinski definition) is 2. The lowest BCUT2D eigenvalue weighted by molar-refractivity contribution is 0.0905. The minimum Gasteiger partial charge on any atom is -0.508 e. The Morgan fingerprint density at radius 1 is 0.522 bits per heavy atom. The molecule has 0 aliphatic rings. The SMILES string of the molecule is CC(C)(C)C(c1ccc(O)cc1)(c1ccc(O)cc1)C(C)(C)C. The molecule has 0 aliphatic heterocycles. The predicted molar refractivity (Wildman–Crippen MR) is 95.9 cm³/mol. The summed E-state index contributed by atoms with van der Waals surface area (Å²) in [6.45, 7) is 13.5. The van der Waals surface area contributed by atoms with E-state index in [0.29, 0.717) is 0 Å². The number of phenolic OH excluding ortho intramolecular Hbond substituents is 2. The molecule has 2 nitrogen and oxygen atoms in total. The smallest absolute Gasteiger partial charge is 0.115 e. The van der Waals surface area contributed by atoms with E-state index in [4.69, 9.17) is 0 Å². The van der Waals surface area contributed by atoms with Crippen molar-refractivity contribution in [2.75, 3.05) is 0 Å². The van der Waals surface area contributed by atoms with Gasteiger partial charge in [0.1, 0.15) is 11.5 Å². The molecule has 0 aliphatic carbocycles. The maximum absolute atomic E-state index is 9.70. The van der Waals surface area contributed by atoms with Gasteiger partial charge in [-0.1, -0.05) is 65.8 Å². The van der Waals surface area contributed by atoms with Crippen LogP contribution in [-0.4, -0.2) is 10.2 Å². The molecule has 2 rings (SSSR count). The molecule has 2 heteroatoms. The highest BCUT2D eigenvalue weighted by molar-refractivity contribution is 5.47. The van der Waals surface area contributed by atoms with Gasteiger partial charge in [-0.3, -0.25) is 0 Å². The molecule has 0 heterocycles. The summed E-state index contributed by atoms with van der Waals surface area (Å²) in [5.41, 5.74) is 1.92. The van der Waals surface area contributed by atoms with Gasteiger partial charge in [-0.25, -0.2) is 0 Å². The molecule has 0 atom stereocenters. The molecule has 0 spiro atoms. The van der Waals surface area contributed by atoms with Gasteiger partial charge in [0.25, 0.3) is 0 Å². The zero-order valence-corrected chi connectivity index (χ0v) is 15.0. The highest BCUT2D eigenvalue weighted by Crippen LogP contribution is 2.57. The molecule has 2 N–H and O–H groups in total. The molecule has 0 radical (unpaired) electrons. The summed E-state index contributed by atoms with van der Waals surface area (Å²) in [7, 11) is 0. The third kappa shape index (κ3) is 2.83. The van der Waals surface area contributed by atoms with Crippen molar-refractivity contribution in [1.82, 2.24) is 0 Å². The fourth-order valence-corrected chi connectivity index (χ4v) is 4.45. The second kappa shape index (κ2) is 5.59. The van der Waals surface area contributed by atoms with Gasteiger partial charge in [-0.2, -0.15) is 0 Å². The Morgan fingerprint density at radius 3 is 1.00 bits per heavy atom. The second-order valence-electron chi connectivity index (χ2n) is 8.34. The molecule has 23 heavy (non-hydrogen) atoms. The second-order valence-corrected chi connectivity index (χ2v) is 8.34. The molecule has 0 bridgehead atoms. The van der Waals surface area contributed by atoms with Crippen LogP contribution >= 0.6 is 0 Å². The summed E-state index contributed by atoms with van der Waals surface area (Å²) < 4.78 is 0. The van der Waals surface area contributed by atoms with E-state index in [2.05, 4.69) is 41.5 Å². The molecular weight excluding hydrogens is 284 g/mol. The Labute approximate surface area is 139 Å². The largest absolute Gasteiger partial charge is 0.508 e. The highest BCUT2D eigenvalue weighted by Gasteiger charge is 2.52. The van der Waals surface area contributed by atoms with Gasteiger partial charge >= 0.3 is 0 Å². The summed E-state index contributed by atoms with van der Waals surface area (Å²) in [5.74, 6) is 0.548. The summed E-state index contributed by atoms with van der Waals surface area (Å²) in [6, 6.07) is 15.1. The van der Waals surface area contributed by atoms with Crippen LogP contribution in [0.25, 0.3) is 0 Å². The standard InChI is InChI=1S/C21H28O2/c1-19(2,3)21(20(4,5)6,15-7-11-17(22)12-8-15)16-9-13-18(23)14-10-16/h7-14,22-23H,1-6H3. The highest BCUT2D eigenvalue weighted by atomic mass is 16.3. The van der Waals surface area contributed by atoms with Gasteiger partial charge in [-0.05, 0) is 46.2 Å². The predicted octanol–water partition coefficient (Wildman–Crippen LogP) is 5.48. The molecular formula is C21H28O2. The van der Waals surface area contributed by atoms with Gasteiger partial charge < -0.3 is 10.2 Å². The fourth-order valence-electron chi connectivity index (χ4n) is 4.45. The van der Waals surface area contributed by atoms with Crippen molar-refractivity contribution in [2.45, 2.75) is 47.0 Å². The molecule has 0 unspecified atom stereocenters. The minimum atomic E-state index is -0.276. The number of phenols is 2. The van der Waals surface area contributed by atoms with E-state index >= 15 is 0 Å². The van der Waals surface area contributed by atoms with Crippen LogP contribution < -0.4 is 0 Å². The topological polar surface area (TPSA) is 40.5 Å². The summed E-state index contributed by atoms with van der Waals surface area (Å²) in [4.78, 5) is 0. The van der Waals surface area contributed by atoms with E-state index < -0.39 is 0 Å². The molecule has 0 aromatic heterocycles.